The molecule has 0 spiro atoms. The van der Waals surface area contributed by atoms with Crippen LogP contribution in [0.15, 0.2) is 59.5 Å². The fourth-order valence-electron chi connectivity index (χ4n) is 1.99. The van der Waals surface area contributed by atoms with Crippen LogP contribution in [0.2, 0.25) is 0 Å². The van der Waals surface area contributed by atoms with Crippen molar-refractivity contribution in [1.29, 1.82) is 0 Å². The normalized spacial score (nSPS) is 10.2. The first kappa shape index (κ1) is 15.5. The lowest BCUT2D eigenvalue weighted by Gasteiger charge is -2.07. The lowest BCUT2D eigenvalue weighted by molar-refractivity contribution is 0.102. The van der Waals surface area contributed by atoms with E-state index in [1.165, 1.54) is 12.4 Å². The molecule has 0 fully saturated rings. The number of anilines is 2. The zero-order chi connectivity index (χ0) is 16.8. The summed E-state index contributed by atoms with van der Waals surface area (Å²) in [5.41, 5.74) is 1.04. The van der Waals surface area contributed by atoms with Gasteiger partial charge in [-0.1, -0.05) is 0 Å². The van der Waals surface area contributed by atoms with Crippen molar-refractivity contribution >= 4 is 17.5 Å². The standard InChI is InChI=1S/C17H16N4O3/c1-23-14-6-4-13(5-7-14)21-16(22)12-9-18-17(19-10-12)20-11-15-3-2-8-24-15/h2-10H,11H2,1H3,(H,21,22)(H,18,19,20). The van der Waals surface area contributed by atoms with Crippen LogP contribution in [0.3, 0.4) is 0 Å². The van der Waals surface area contributed by atoms with Crippen molar-refractivity contribution < 1.29 is 13.9 Å². The molecule has 122 valence electrons. The Balaban J connectivity index is 1.58. The Morgan fingerprint density at radius 2 is 1.92 bits per heavy atom. The molecule has 0 saturated carbocycles. The third-order valence-electron chi connectivity index (χ3n) is 3.26. The molecule has 24 heavy (non-hydrogen) atoms. The van der Waals surface area contributed by atoms with Gasteiger partial charge in [-0.25, -0.2) is 9.97 Å². The van der Waals surface area contributed by atoms with Gasteiger partial charge in [-0.15, -0.1) is 0 Å². The van der Waals surface area contributed by atoms with Gasteiger partial charge in [0.2, 0.25) is 5.95 Å². The summed E-state index contributed by atoms with van der Waals surface area (Å²) in [6.07, 6.45) is 4.54. The third-order valence-corrected chi connectivity index (χ3v) is 3.26. The van der Waals surface area contributed by atoms with Crippen LogP contribution < -0.4 is 15.4 Å². The van der Waals surface area contributed by atoms with Crippen molar-refractivity contribution in [3.8, 4) is 5.75 Å². The van der Waals surface area contributed by atoms with Crippen LogP contribution >= 0.6 is 0 Å². The molecule has 7 heteroatoms. The van der Waals surface area contributed by atoms with Crippen molar-refractivity contribution in [3.63, 3.8) is 0 Å². The summed E-state index contributed by atoms with van der Waals surface area (Å²) >= 11 is 0. The van der Waals surface area contributed by atoms with Crippen molar-refractivity contribution in [3.05, 3.63) is 66.4 Å². The van der Waals surface area contributed by atoms with Crippen LogP contribution in [0.25, 0.3) is 0 Å². The molecular weight excluding hydrogens is 308 g/mol. The highest BCUT2D eigenvalue weighted by Crippen LogP contribution is 2.15. The van der Waals surface area contributed by atoms with E-state index in [-0.39, 0.29) is 5.91 Å². The highest BCUT2D eigenvalue weighted by molar-refractivity contribution is 6.03. The maximum atomic E-state index is 12.2. The van der Waals surface area contributed by atoms with Crippen LogP contribution in [0.4, 0.5) is 11.6 Å². The fourth-order valence-corrected chi connectivity index (χ4v) is 1.99. The minimum atomic E-state index is -0.280. The van der Waals surface area contributed by atoms with Crippen molar-refractivity contribution in [2.24, 2.45) is 0 Å². The van der Waals surface area contributed by atoms with Crippen LogP contribution in [0.1, 0.15) is 16.1 Å². The van der Waals surface area contributed by atoms with Gasteiger partial charge in [0.25, 0.3) is 5.91 Å². The Bertz CT molecular complexity index is 784. The van der Waals surface area contributed by atoms with Crippen molar-refractivity contribution in [2.75, 3.05) is 17.7 Å². The number of hydrogen-bond acceptors (Lipinski definition) is 6. The zero-order valence-electron chi connectivity index (χ0n) is 13.0. The second-order valence-corrected chi connectivity index (χ2v) is 4.91. The van der Waals surface area contributed by atoms with Gasteiger partial charge in [-0.3, -0.25) is 4.79 Å². The molecule has 2 N–H and O–H groups in total. The summed E-state index contributed by atoms with van der Waals surface area (Å²) in [5.74, 6) is 1.65. The van der Waals surface area contributed by atoms with E-state index in [1.54, 1.807) is 37.6 Å². The molecule has 2 heterocycles. The summed E-state index contributed by atoms with van der Waals surface area (Å²) in [5, 5.41) is 5.79. The summed E-state index contributed by atoms with van der Waals surface area (Å²) in [6, 6.07) is 10.7. The van der Waals surface area contributed by atoms with Crippen molar-refractivity contribution in [1.82, 2.24) is 9.97 Å². The number of carbonyl (C=O) groups is 1. The molecule has 3 aromatic rings. The van der Waals surface area contributed by atoms with Crippen LogP contribution in [-0.2, 0) is 6.54 Å². The van der Waals surface area contributed by atoms with Crippen LogP contribution in [0.5, 0.6) is 5.75 Å². The highest BCUT2D eigenvalue weighted by Gasteiger charge is 2.08. The first-order valence-electron chi connectivity index (χ1n) is 7.28. The maximum Gasteiger partial charge on any atom is 0.258 e. The molecule has 0 unspecified atom stereocenters. The molecule has 1 amide bonds. The predicted octanol–water partition coefficient (Wildman–Crippen LogP) is 2.94. The van der Waals surface area contributed by atoms with E-state index in [9.17, 15) is 4.79 Å². The van der Waals surface area contributed by atoms with Gasteiger partial charge in [0.15, 0.2) is 0 Å². The average Bonchev–Trinajstić information content (AvgIpc) is 3.14. The Morgan fingerprint density at radius 3 is 2.54 bits per heavy atom. The lowest BCUT2D eigenvalue weighted by Crippen LogP contribution is -2.13. The van der Waals surface area contributed by atoms with Crippen LogP contribution in [0, 0.1) is 0 Å². The topological polar surface area (TPSA) is 89.3 Å². The van der Waals surface area contributed by atoms with E-state index in [2.05, 4.69) is 20.6 Å². The Labute approximate surface area is 138 Å². The zero-order valence-corrected chi connectivity index (χ0v) is 13.0. The number of carbonyl (C=O) groups excluding carboxylic acids is 1. The number of hydrogen-bond donors (Lipinski definition) is 2. The monoisotopic (exact) mass is 324 g/mol. The first-order valence-corrected chi connectivity index (χ1v) is 7.28. The molecule has 0 bridgehead atoms. The minimum Gasteiger partial charge on any atom is -0.497 e. The van der Waals surface area contributed by atoms with E-state index < -0.39 is 0 Å². The van der Waals surface area contributed by atoms with Gasteiger partial charge < -0.3 is 19.8 Å². The minimum absolute atomic E-state index is 0.280. The molecule has 3 rings (SSSR count). The van der Waals surface area contributed by atoms with Gasteiger partial charge in [0, 0.05) is 18.1 Å². The van der Waals surface area contributed by atoms with E-state index in [4.69, 9.17) is 9.15 Å². The Morgan fingerprint density at radius 1 is 1.17 bits per heavy atom. The summed E-state index contributed by atoms with van der Waals surface area (Å²) in [4.78, 5) is 20.4. The molecule has 0 atom stereocenters. The Kier molecular flexibility index (Phi) is 4.71. The molecule has 2 aromatic heterocycles. The first-order chi connectivity index (χ1) is 11.7. The predicted molar refractivity (Wildman–Crippen MR) is 89.0 cm³/mol. The maximum absolute atomic E-state index is 12.2. The fraction of sp³-hybridized carbons (Fsp3) is 0.118. The number of furan rings is 1. The molecule has 0 aliphatic heterocycles. The molecule has 7 nitrogen and oxygen atoms in total. The van der Waals surface area contributed by atoms with Crippen LogP contribution in [-0.4, -0.2) is 23.0 Å². The van der Waals surface area contributed by atoms with Gasteiger partial charge in [-0.05, 0) is 36.4 Å². The van der Waals surface area contributed by atoms with E-state index >= 15 is 0 Å². The number of nitrogens with one attached hydrogen (secondary N) is 2. The third kappa shape index (κ3) is 3.89. The van der Waals surface area contributed by atoms with E-state index in [0.29, 0.717) is 23.7 Å². The Hall–Kier alpha value is -3.35. The number of aromatic nitrogens is 2. The number of benzene rings is 1. The smallest absolute Gasteiger partial charge is 0.258 e. The van der Waals surface area contributed by atoms with Crippen molar-refractivity contribution in [2.45, 2.75) is 6.54 Å². The lowest BCUT2D eigenvalue weighted by atomic mass is 10.2. The number of nitrogens with zero attached hydrogens (tertiary/aromatic N) is 2. The highest BCUT2D eigenvalue weighted by atomic mass is 16.5. The number of methoxy groups -OCH3 is 1. The molecular formula is C17H16N4O3. The molecule has 0 radical (unpaired) electrons. The second kappa shape index (κ2) is 7.28. The summed E-state index contributed by atoms with van der Waals surface area (Å²) in [6.45, 7) is 0.477. The van der Waals surface area contributed by atoms with Gasteiger partial charge >= 0.3 is 0 Å². The van der Waals surface area contributed by atoms with E-state index in [1.807, 2.05) is 12.1 Å². The molecule has 0 saturated heterocycles. The SMILES string of the molecule is COc1ccc(NC(=O)c2cnc(NCc3ccco3)nc2)cc1. The average molecular weight is 324 g/mol. The summed E-state index contributed by atoms with van der Waals surface area (Å²) < 4.78 is 10.3. The second-order valence-electron chi connectivity index (χ2n) is 4.91. The molecule has 0 aliphatic rings. The van der Waals surface area contributed by atoms with Gasteiger partial charge in [0.05, 0.1) is 25.5 Å². The number of amides is 1. The quantitative estimate of drug-likeness (QED) is 0.724. The molecule has 1 aromatic carbocycles. The number of ether oxygens (including phenoxy) is 1. The van der Waals surface area contributed by atoms with E-state index in [0.717, 1.165) is 11.5 Å². The summed E-state index contributed by atoms with van der Waals surface area (Å²) in [7, 11) is 1.59. The largest absolute Gasteiger partial charge is 0.497 e. The number of rotatable bonds is 6. The van der Waals surface area contributed by atoms with Gasteiger partial charge in [-0.2, -0.15) is 0 Å². The van der Waals surface area contributed by atoms with Gasteiger partial charge in [0.1, 0.15) is 11.5 Å². The molecule has 0 aliphatic carbocycles.